The van der Waals surface area contributed by atoms with E-state index in [9.17, 15) is 109 Å². The van der Waals surface area contributed by atoms with E-state index in [1.165, 1.54) is 36.4 Å². The maximum atomic E-state index is 14.2. The zero-order valence-corrected chi connectivity index (χ0v) is 86.7. The summed E-state index contributed by atoms with van der Waals surface area (Å²) in [5.41, 5.74) is -1.000. The number of aliphatic carboxylic acids is 2. The number of halogens is 16. The second kappa shape index (κ2) is 61.1. The number of phenols is 4. The number of phenolic OH excluding ortho intramolecular Hbond substituents is 4. The minimum Gasteiger partial charge on any atom is -0.508 e. The Labute approximate surface area is 829 Å². The van der Waals surface area contributed by atoms with E-state index in [2.05, 4.69) is 81.1 Å². The van der Waals surface area contributed by atoms with Gasteiger partial charge in [-0.05, 0) is 160 Å². The normalized spacial score (nSPS) is 9.28. The van der Waals surface area contributed by atoms with Gasteiger partial charge in [-0.25, -0.2) is 65.9 Å². The summed E-state index contributed by atoms with van der Waals surface area (Å²) < 4.78 is 246. The monoisotopic (exact) mass is 3150 g/mol. The van der Waals surface area contributed by atoms with Crippen LogP contribution in [0.15, 0.2) is 198 Å². The van der Waals surface area contributed by atoms with Crippen LogP contribution in [-0.2, 0) is 207 Å². The third-order valence-electron chi connectivity index (χ3n) is 13.8. The van der Waals surface area contributed by atoms with Crippen LogP contribution in [0.25, 0.3) is 55.6 Å². The maximum Gasteiger partial charge on any atom is 0.201 e. The zero-order valence-electron chi connectivity index (χ0n) is 63.2. The van der Waals surface area contributed by atoms with Crippen molar-refractivity contribution in [3.8, 4) is 113 Å². The van der Waals surface area contributed by atoms with Gasteiger partial charge < -0.3 is 108 Å². The fourth-order valence-electron chi connectivity index (χ4n) is 8.52. The average molecular weight is 3150 g/mol. The predicted octanol–water partition coefficient (Wildman–Crippen LogP) is 17.3. The van der Waals surface area contributed by atoms with Crippen molar-refractivity contribution in [3.63, 3.8) is 0 Å². The summed E-state index contributed by atoms with van der Waals surface area (Å²) in [5, 5.41) is 50.9. The van der Waals surface area contributed by atoms with Gasteiger partial charge >= 0.3 is 0 Å². The zero-order chi connectivity index (χ0) is 90.3. The van der Waals surface area contributed by atoms with Crippen molar-refractivity contribution in [1.29, 1.82) is 0 Å². The average Bonchev–Trinajstić information content (AvgIpc) is 0.756. The Bertz CT molecular complexity index is 5600. The minimum absolute atomic E-state index is 0. The summed E-state index contributed by atoms with van der Waals surface area (Å²) in [6.45, 7) is 23.7. The van der Waals surface area contributed by atoms with E-state index >= 15 is 0 Å². The van der Waals surface area contributed by atoms with E-state index in [1.807, 2.05) is 12.2 Å². The maximum absolute atomic E-state index is 14.2. The van der Waals surface area contributed by atoms with Crippen LogP contribution in [0.3, 0.4) is 0 Å². The van der Waals surface area contributed by atoms with Gasteiger partial charge in [0.15, 0.2) is 157 Å². The van der Waals surface area contributed by atoms with Crippen molar-refractivity contribution in [2.75, 3.05) is 0 Å². The topological polar surface area (TPSA) is 313 Å². The minimum atomic E-state index is -1.55. The Morgan fingerprint density at radius 3 is 0.836 bits per heavy atom. The molecular formula is C84H46F16O20W8-8. The molecule has 20 nitrogen and oxygen atoms in total. The SMILES string of the molecule is C=[C-]C(=O)O.C=[C-]C(=O)O.C=[C-]C(=O)Oc1ccc(-c2cc(F)c(OC(=O)[C-]=C)c(F)c2)c(F)c1.C=[C-]C(=O)Oc1ccc(-c2cc(F)c(OC(=O)[C-]=C)c(F)c2)c(F)c1F.C=[C-]C(=O)Oc1ccc(-c2cc(F)c(OC(=O)[C-]=C)c(F)c2)cc1F.Oc1ccc(-c2cc(F)c(O)c(F)c2)c(F)c1.Oc1ccc(-c2cc(F)c(O)c(F)c2)cc1F.[W].[W].[W].[W].[W].[W].[W].[W]. The van der Waals surface area contributed by atoms with E-state index in [1.54, 1.807) is 36.5 Å². The number of carboxylic acids is 2. The molecule has 0 aromatic heterocycles. The number of carbonyl (C=O) groups is 8. The second-order valence-corrected chi connectivity index (χ2v) is 21.6. The van der Waals surface area contributed by atoms with Crippen molar-refractivity contribution >= 4 is 47.8 Å². The Morgan fingerprint density at radius 1 is 0.242 bits per heavy atom. The van der Waals surface area contributed by atoms with E-state index < -0.39 is 192 Å². The molecule has 0 saturated heterocycles. The molecule has 10 aromatic carbocycles. The van der Waals surface area contributed by atoms with Crippen molar-refractivity contribution in [1.82, 2.24) is 0 Å². The number of hydrogen-bond acceptors (Lipinski definition) is 18. The Morgan fingerprint density at radius 2 is 0.508 bits per heavy atom. The fraction of sp³-hybridized carbons (Fsp3) is 0. The summed E-state index contributed by atoms with van der Waals surface area (Å²) in [6.07, 6.45) is 14.4. The van der Waals surface area contributed by atoms with E-state index in [-0.39, 0.29) is 230 Å². The van der Waals surface area contributed by atoms with Crippen molar-refractivity contribution in [2.45, 2.75) is 0 Å². The fourth-order valence-corrected chi connectivity index (χ4v) is 8.52. The first-order valence-electron chi connectivity index (χ1n) is 31.4. The van der Waals surface area contributed by atoms with Crippen LogP contribution in [0.2, 0.25) is 0 Å². The molecule has 0 heterocycles. The van der Waals surface area contributed by atoms with Gasteiger partial charge in [0.2, 0.25) is 5.82 Å². The Kier molecular flexibility index (Phi) is 60.1. The smallest absolute Gasteiger partial charge is 0.201 e. The molecule has 10 rings (SSSR count). The molecule has 0 aliphatic heterocycles. The van der Waals surface area contributed by atoms with E-state index in [4.69, 9.17) is 30.6 Å². The number of benzene rings is 10. The Balaban J connectivity index is -0.000000475. The molecule has 128 heavy (non-hydrogen) atoms. The number of ether oxygens (including phenoxy) is 6. The van der Waals surface area contributed by atoms with Crippen LogP contribution in [0, 0.1) is 142 Å². The van der Waals surface area contributed by atoms with Crippen LogP contribution >= 0.6 is 0 Å². The summed E-state index contributed by atoms with van der Waals surface area (Å²) in [4.78, 5) is 84.4. The van der Waals surface area contributed by atoms with Gasteiger partial charge in [-0.2, -0.15) is 4.39 Å². The Hall–Kier alpha value is -10.5. The second-order valence-electron chi connectivity index (χ2n) is 21.6. The number of aromatic hydroxyl groups is 4. The van der Waals surface area contributed by atoms with Crippen molar-refractivity contribution < 1.29 is 336 Å². The van der Waals surface area contributed by atoms with Gasteiger partial charge in [0.25, 0.3) is 0 Å². The van der Waals surface area contributed by atoms with E-state index in [0.717, 1.165) is 97.1 Å². The molecule has 0 spiro atoms. The van der Waals surface area contributed by atoms with Gasteiger partial charge in [-0.3, -0.25) is 91.0 Å². The molecule has 0 aliphatic carbocycles. The van der Waals surface area contributed by atoms with Gasteiger partial charge in [0.05, 0.1) is 0 Å². The number of carbonyl (C=O) groups excluding carboxylic acids is 6. The van der Waals surface area contributed by atoms with Crippen molar-refractivity contribution in [3.05, 3.63) is 340 Å². The molecule has 0 fully saturated rings. The number of rotatable bonds is 19. The molecule has 0 radical (unpaired) electrons. The van der Waals surface area contributed by atoms with Gasteiger partial charge in [0, 0.05) is 197 Å². The molecule has 670 valence electrons. The summed E-state index contributed by atoms with van der Waals surface area (Å²) >= 11 is 0. The molecule has 0 bridgehead atoms. The number of esters is 6. The third-order valence-corrected chi connectivity index (χ3v) is 13.8. The first-order valence-corrected chi connectivity index (χ1v) is 31.4. The summed E-state index contributed by atoms with van der Waals surface area (Å²) in [7, 11) is 0. The van der Waals surface area contributed by atoms with E-state index in [0.29, 0.717) is 12.1 Å². The van der Waals surface area contributed by atoms with Gasteiger partial charge in [-0.15, -0.1) is 0 Å². The standard InChI is InChI=1S/C18H8F4O4.2C18H9F3O4.2C12H7F3O2.2C3H3O2.8W/c1-3-14(23)25-13-6-5-10(16(21)17(13)22)9-7-11(19)18(12(20)8-9)26-15(24)4-2;1-3-16(22)24-11-5-6-12(13(19)9-11)10-7-14(20)18(15(21)8-10)25-17(23)4-2;1-3-16(22)24-15-6-5-10(7-12(15)19)11-8-13(20)18(14(21)9-11)25-17(23)4-2;13-9-5-7(16)1-2-8(9)6-3-10(14)12(17)11(15)4-6;13-8-3-6(1-2-11(8)16)7-4-9(14)12(17)10(15)5-7;2*1-2-3(4)5;;;;;;;;/h5-8H,1-2H2;2*5-9H,1-2H2;2*1-5,16-17H;2*1H2,(H,4,5);;;;;;;;/q3*-2;;;2*-1;;;;;;;;. The molecule has 44 heteroatoms. The van der Waals surface area contributed by atoms with Crippen LogP contribution < -0.4 is 28.4 Å². The third kappa shape index (κ3) is 38.4. The number of hydrogen-bond donors (Lipinski definition) is 6. The molecule has 0 saturated carbocycles. The molecule has 6 N–H and O–H groups in total. The molecule has 0 aliphatic rings. The molecule has 0 amide bonds. The van der Waals surface area contributed by atoms with Gasteiger partial charge in [0.1, 0.15) is 35.1 Å². The van der Waals surface area contributed by atoms with Crippen LogP contribution in [0.1, 0.15) is 0 Å². The van der Waals surface area contributed by atoms with Crippen LogP contribution in [-0.4, -0.2) is 78.4 Å². The molecule has 0 atom stereocenters. The first-order chi connectivity index (χ1) is 56.5. The molecule has 0 unspecified atom stereocenters. The largest absolute Gasteiger partial charge is 0.508 e. The summed E-state index contributed by atoms with van der Waals surface area (Å²) in [5.74, 6) is -34.6. The molecule has 10 aromatic rings. The quantitative estimate of drug-likeness (QED) is 0.0144. The van der Waals surface area contributed by atoms with Crippen LogP contribution in [0.5, 0.6) is 57.5 Å². The molecular weight excluding hydrogens is 3100 g/mol. The predicted molar refractivity (Wildman–Crippen MR) is 385 cm³/mol. The first kappa shape index (κ1) is 126. The summed E-state index contributed by atoms with van der Waals surface area (Å²) in [6, 6.07) is 22.9. The van der Waals surface area contributed by atoms with Gasteiger partial charge in [-0.1, -0.05) is 12.1 Å². The van der Waals surface area contributed by atoms with Crippen LogP contribution in [0.4, 0.5) is 70.2 Å². The van der Waals surface area contributed by atoms with Crippen molar-refractivity contribution in [2.24, 2.45) is 0 Å². The number of carboxylic acid groups (broad SMARTS) is 2.